The van der Waals surface area contributed by atoms with E-state index in [1.54, 1.807) is 0 Å². The zero-order valence-corrected chi connectivity index (χ0v) is 10.9. The van der Waals surface area contributed by atoms with Crippen LogP contribution in [0.3, 0.4) is 0 Å². The van der Waals surface area contributed by atoms with E-state index in [0.717, 1.165) is 31.2 Å². The summed E-state index contributed by atoms with van der Waals surface area (Å²) in [4.78, 5) is 16.6. The molecule has 1 aliphatic heterocycles. The Morgan fingerprint density at radius 3 is 3.00 bits per heavy atom. The molecule has 4 nitrogen and oxygen atoms in total. The van der Waals surface area contributed by atoms with E-state index in [4.69, 9.17) is 0 Å². The molecular weight excluding hydrogens is 234 g/mol. The predicted molar refractivity (Wildman–Crippen MR) is 69.3 cm³/mol. The number of hydrogen-bond donors (Lipinski definition) is 2. The second-order valence-electron chi connectivity index (χ2n) is 5.30. The van der Waals surface area contributed by atoms with Gasteiger partial charge in [-0.2, -0.15) is 0 Å². The monoisotopic (exact) mass is 253 g/mol. The van der Waals surface area contributed by atoms with Crippen molar-refractivity contribution in [3.63, 3.8) is 0 Å². The summed E-state index contributed by atoms with van der Waals surface area (Å²) in [5, 5.41) is 5.59. The van der Waals surface area contributed by atoms with Gasteiger partial charge in [-0.05, 0) is 25.7 Å². The molecule has 2 heterocycles. The first kappa shape index (κ1) is 11.4. The fourth-order valence-electron chi connectivity index (χ4n) is 2.59. The number of nitrogens with one attached hydrogen (secondary N) is 2. The third-order valence-corrected chi connectivity index (χ3v) is 4.58. The van der Waals surface area contributed by atoms with Gasteiger partial charge in [0.2, 0.25) is 0 Å². The van der Waals surface area contributed by atoms with Crippen LogP contribution in [0.25, 0.3) is 0 Å². The highest BCUT2D eigenvalue weighted by Crippen LogP contribution is 2.34. The first-order valence-corrected chi connectivity index (χ1v) is 7.24. The molecule has 0 spiro atoms. The highest BCUT2D eigenvalue weighted by atomic mass is 32.1. The topological polar surface area (TPSA) is 48.1 Å². The Hall–Kier alpha value is -0.650. The zero-order chi connectivity index (χ0) is 11.8. The summed E-state index contributed by atoms with van der Waals surface area (Å²) in [5.41, 5.74) is 1.06. The number of hydrogen-bond acceptors (Lipinski definition) is 4. The number of aromatic amines is 1. The molecule has 17 heavy (non-hydrogen) atoms. The maximum Gasteiger partial charge on any atom is 0.304 e. The summed E-state index contributed by atoms with van der Waals surface area (Å²) in [6.07, 6.45) is 2.77. The van der Waals surface area contributed by atoms with Gasteiger partial charge in [0, 0.05) is 42.8 Å². The van der Waals surface area contributed by atoms with Crippen LogP contribution in [0.4, 0.5) is 0 Å². The lowest BCUT2D eigenvalue weighted by Crippen LogP contribution is -2.55. The number of nitrogens with zero attached hydrogens (tertiary/aromatic N) is 1. The van der Waals surface area contributed by atoms with Crippen LogP contribution in [0.5, 0.6) is 0 Å². The Kier molecular flexibility index (Phi) is 3.06. The van der Waals surface area contributed by atoms with Crippen LogP contribution < -0.4 is 10.2 Å². The molecule has 2 aliphatic rings. The minimum absolute atomic E-state index is 0.0570. The highest BCUT2D eigenvalue weighted by Gasteiger charge is 2.35. The van der Waals surface area contributed by atoms with Crippen LogP contribution in [0.15, 0.2) is 10.2 Å². The highest BCUT2D eigenvalue weighted by molar-refractivity contribution is 7.07. The van der Waals surface area contributed by atoms with E-state index < -0.39 is 0 Å². The fourth-order valence-corrected chi connectivity index (χ4v) is 3.17. The van der Waals surface area contributed by atoms with E-state index in [0.29, 0.717) is 12.1 Å². The van der Waals surface area contributed by atoms with Crippen LogP contribution in [0.2, 0.25) is 0 Å². The van der Waals surface area contributed by atoms with Crippen LogP contribution in [0.1, 0.15) is 25.5 Å². The molecule has 1 saturated carbocycles. The molecule has 2 unspecified atom stereocenters. The van der Waals surface area contributed by atoms with Gasteiger partial charge in [-0.1, -0.05) is 11.3 Å². The van der Waals surface area contributed by atoms with Crippen molar-refractivity contribution in [3.05, 3.63) is 20.7 Å². The van der Waals surface area contributed by atoms with Crippen molar-refractivity contribution in [1.82, 2.24) is 15.2 Å². The van der Waals surface area contributed by atoms with Gasteiger partial charge >= 0.3 is 4.87 Å². The Bertz CT molecular complexity index is 437. The van der Waals surface area contributed by atoms with Crippen molar-refractivity contribution in [2.75, 3.05) is 13.1 Å². The lowest BCUT2D eigenvalue weighted by Gasteiger charge is -2.38. The van der Waals surface area contributed by atoms with Gasteiger partial charge < -0.3 is 10.3 Å². The van der Waals surface area contributed by atoms with Crippen LogP contribution in [-0.2, 0) is 6.54 Å². The molecule has 94 valence electrons. The second kappa shape index (κ2) is 4.55. The SMILES string of the molecule is CC1CNC(C2CC2)CN1Cc1csc(=O)[nH]1. The maximum atomic E-state index is 11.1. The summed E-state index contributed by atoms with van der Waals surface area (Å²) >= 11 is 1.26. The van der Waals surface area contributed by atoms with Crippen molar-refractivity contribution in [2.45, 2.75) is 38.4 Å². The molecule has 2 fully saturated rings. The molecule has 5 heteroatoms. The first-order chi connectivity index (χ1) is 8.22. The van der Waals surface area contributed by atoms with E-state index >= 15 is 0 Å². The molecule has 1 aromatic heterocycles. The Morgan fingerprint density at radius 2 is 2.35 bits per heavy atom. The summed E-state index contributed by atoms with van der Waals surface area (Å²) in [7, 11) is 0. The van der Waals surface area contributed by atoms with Gasteiger partial charge in [0.25, 0.3) is 0 Å². The van der Waals surface area contributed by atoms with E-state index in [9.17, 15) is 4.79 Å². The molecule has 0 radical (unpaired) electrons. The number of thiazole rings is 1. The average Bonchev–Trinajstić information content (AvgIpc) is 3.07. The lowest BCUT2D eigenvalue weighted by atomic mass is 10.1. The van der Waals surface area contributed by atoms with Crippen molar-refractivity contribution in [1.29, 1.82) is 0 Å². The largest absolute Gasteiger partial charge is 0.315 e. The molecule has 2 atom stereocenters. The van der Waals surface area contributed by atoms with E-state index in [1.165, 1.54) is 24.2 Å². The van der Waals surface area contributed by atoms with Gasteiger partial charge in [-0.15, -0.1) is 0 Å². The normalized spacial score (nSPS) is 30.6. The van der Waals surface area contributed by atoms with Crippen LogP contribution >= 0.6 is 11.3 Å². The Morgan fingerprint density at radius 1 is 1.53 bits per heavy atom. The van der Waals surface area contributed by atoms with Crippen molar-refractivity contribution in [3.8, 4) is 0 Å². The summed E-state index contributed by atoms with van der Waals surface area (Å²) in [6.45, 7) is 5.31. The fraction of sp³-hybridized carbons (Fsp3) is 0.750. The number of aromatic nitrogens is 1. The molecular formula is C12H19N3OS. The third-order valence-electron chi connectivity index (χ3n) is 3.87. The first-order valence-electron chi connectivity index (χ1n) is 6.36. The third kappa shape index (κ3) is 2.61. The zero-order valence-electron chi connectivity index (χ0n) is 10.1. The van der Waals surface area contributed by atoms with Crippen molar-refractivity contribution in [2.24, 2.45) is 5.92 Å². The lowest BCUT2D eigenvalue weighted by molar-refractivity contribution is 0.124. The minimum atomic E-state index is 0.0570. The number of piperazine rings is 1. The average molecular weight is 253 g/mol. The number of rotatable bonds is 3. The molecule has 1 aliphatic carbocycles. The van der Waals surface area contributed by atoms with E-state index in [1.807, 2.05) is 5.38 Å². The van der Waals surface area contributed by atoms with Gasteiger partial charge in [0.05, 0.1) is 0 Å². The quantitative estimate of drug-likeness (QED) is 0.845. The van der Waals surface area contributed by atoms with E-state index in [-0.39, 0.29) is 4.87 Å². The minimum Gasteiger partial charge on any atom is -0.315 e. The molecule has 0 bridgehead atoms. The molecule has 3 rings (SSSR count). The van der Waals surface area contributed by atoms with Gasteiger partial charge in [0.1, 0.15) is 0 Å². The smallest absolute Gasteiger partial charge is 0.304 e. The molecule has 0 amide bonds. The van der Waals surface area contributed by atoms with Gasteiger partial charge in [-0.3, -0.25) is 9.69 Å². The van der Waals surface area contributed by atoms with Crippen molar-refractivity contribution < 1.29 is 0 Å². The second-order valence-corrected chi connectivity index (χ2v) is 6.15. The van der Waals surface area contributed by atoms with Gasteiger partial charge in [0.15, 0.2) is 0 Å². The Balaban J connectivity index is 1.65. The van der Waals surface area contributed by atoms with E-state index in [2.05, 4.69) is 22.1 Å². The Labute approximate surface area is 105 Å². The van der Waals surface area contributed by atoms with Gasteiger partial charge in [-0.25, -0.2) is 0 Å². The van der Waals surface area contributed by atoms with Crippen LogP contribution in [0, 0.1) is 5.92 Å². The maximum absolute atomic E-state index is 11.1. The standard InChI is InChI=1S/C12H19N3OS/c1-8-4-13-11(9-2-3-9)6-15(8)5-10-7-17-12(16)14-10/h7-9,11,13H,2-6H2,1H3,(H,14,16). The molecule has 0 aromatic carbocycles. The summed E-state index contributed by atoms with van der Waals surface area (Å²) < 4.78 is 0. The molecule has 1 saturated heterocycles. The van der Waals surface area contributed by atoms with Crippen molar-refractivity contribution >= 4 is 11.3 Å². The summed E-state index contributed by atoms with van der Waals surface area (Å²) in [5.74, 6) is 0.895. The van der Waals surface area contributed by atoms with Crippen LogP contribution in [-0.4, -0.2) is 35.1 Å². The molecule has 2 N–H and O–H groups in total. The predicted octanol–water partition coefficient (Wildman–Crippen LogP) is 1.01. The molecule has 1 aromatic rings. The summed E-state index contributed by atoms with van der Waals surface area (Å²) in [6, 6.07) is 1.21. The number of H-pyrrole nitrogens is 1.